The number of rotatable bonds is 3. The van der Waals surface area contributed by atoms with E-state index in [1.807, 2.05) is 31.2 Å². The minimum atomic E-state index is 0.143. The number of aliphatic imine (C=N–C) groups is 1. The predicted octanol–water partition coefficient (Wildman–Crippen LogP) is 4.72. The molecule has 2 aromatic rings. The van der Waals surface area contributed by atoms with Crippen molar-refractivity contribution in [2.24, 2.45) is 4.99 Å². The minimum Gasteiger partial charge on any atom is -0.504 e. The lowest BCUT2D eigenvalue weighted by Crippen LogP contribution is -1.90. The smallest absolute Gasteiger partial charge is 0.171 e. The highest BCUT2D eigenvalue weighted by atomic mass is 127. The fourth-order valence-corrected chi connectivity index (χ4v) is 2.50. The molecule has 3 nitrogen and oxygen atoms in total. The van der Waals surface area contributed by atoms with Gasteiger partial charge in [-0.15, -0.1) is 0 Å². The monoisotopic (exact) mass is 401 g/mol. The Balaban J connectivity index is 2.37. The van der Waals surface area contributed by atoms with Gasteiger partial charge in [-0.2, -0.15) is 0 Å². The second-order valence-corrected chi connectivity index (χ2v) is 5.77. The molecule has 0 saturated carbocycles. The average molecular weight is 402 g/mol. The van der Waals surface area contributed by atoms with Crippen LogP contribution in [0.2, 0.25) is 5.02 Å². The maximum Gasteiger partial charge on any atom is 0.171 e. The summed E-state index contributed by atoms with van der Waals surface area (Å²) < 4.78 is 5.84. The lowest BCUT2D eigenvalue weighted by atomic mass is 10.2. The second-order valence-electron chi connectivity index (χ2n) is 4.20. The predicted molar refractivity (Wildman–Crippen MR) is 90.8 cm³/mol. The van der Waals surface area contributed by atoms with Crippen molar-refractivity contribution in [3.8, 4) is 11.5 Å². The standard InChI is InChI=1S/C15H13ClINO2/c1-9-11(16)4-3-5-13(9)18-8-10-6-12(17)15(19)14(7-10)20-2/h3-8,19H,1-2H3. The highest BCUT2D eigenvalue weighted by Gasteiger charge is 2.07. The topological polar surface area (TPSA) is 41.8 Å². The molecule has 0 unspecified atom stereocenters. The third kappa shape index (κ3) is 3.24. The quantitative estimate of drug-likeness (QED) is 0.597. The van der Waals surface area contributed by atoms with E-state index in [1.54, 1.807) is 12.3 Å². The summed E-state index contributed by atoms with van der Waals surface area (Å²) in [6.07, 6.45) is 1.72. The highest BCUT2D eigenvalue weighted by Crippen LogP contribution is 2.32. The maximum atomic E-state index is 9.79. The van der Waals surface area contributed by atoms with E-state index in [0.717, 1.165) is 16.8 Å². The molecule has 2 aromatic carbocycles. The van der Waals surface area contributed by atoms with Gasteiger partial charge in [0.05, 0.1) is 16.4 Å². The van der Waals surface area contributed by atoms with Gasteiger partial charge in [0.2, 0.25) is 0 Å². The summed E-state index contributed by atoms with van der Waals surface area (Å²) in [6, 6.07) is 9.18. The average Bonchev–Trinajstić information content (AvgIpc) is 2.44. The number of halogens is 2. The minimum absolute atomic E-state index is 0.143. The zero-order valence-corrected chi connectivity index (χ0v) is 13.9. The van der Waals surface area contributed by atoms with Crippen molar-refractivity contribution in [1.29, 1.82) is 0 Å². The van der Waals surface area contributed by atoms with Gasteiger partial charge in [0.25, 0.3) is 0 Å². The molecule has 0 bridgehead atoms. The van der Waals surface area contributed by atoms with Gasteiger partial charge < -0.3 is 9.84 Å². The van der Waals surface area contributed by atoms with Crippen molar-refractivity contribution >= 4 is 46.1 Å². The van der Waals surface area contributed by atoms with Gasteiger partial charge in [-0.05, 0) is 64.9 Å². The molecule has 0 aromatic heterocycles. The molecule has 0 aliphatic rings. The molecule has 0 saturated heterocycles. The van der Waals surface area contributed by atoms with E-state index in [2.05, 4.69) is 27.6 Å². The van der Waals surface area contributed by atoms with Crippen LogP contribution in [0.3, 0.4) is 0 Å². The summed E-state index contributed by atoms with van der Waals surface area (Å²) in [5, 5.41) is 10.5. The van der Waals surface area contributed by atoms with E-state index in [9.17, 15) is 5.11 Å². The Hall–Kier alpha value is -1.27. The number of methoxy groups -OCH3 is 1. The van der Waals surface area contributed by atoms with Crippen LogP contribution in [0, 0.1) is 10.5 Å². The summed E-state index contributed by atoms with van der Waals surface area (Å²) in [6.45, 7) is 1.93. The van der Waals surface area contributed by atoms with Crippen molar-refractivity contribution in [3.63, 3.8) is 0 Å². The molecule has 0 fully saturated rings. The molecule has 0 spiro atoms. The molecule has 1 N–H and O–H groups in total. The van der Waals surface area contributed by atoms with Crippen molar-refractivity contribution in [3.05, 3.63) is 50.1 Å². The van der Waals surface area contributed by atoms with E-state index >= 15 is 0 Å². The van der Waals surface area contributed by atoms with Crippen LogP contribution >= 0.6 is 34.2 Å². The first-order valence-electron chi connectivity index (χ1n) is 5.88. The molecule has 0 amide bonds. The van der Waals surface area contributed by atoms with Gasteiger partial charge in [-0.25, -0.2) is 0 Å². The van der Waals surface area contributed by atoms with E-state index < -0.39 is 0 Å². The van der Waals surface area contributed by atoms with Crippen LogP contribution in [0.4, 0.5) is 5.69 Å². The Morgan fingerprint density at radius 1 is 1.35 bits per heavy atom. The molecule has 0 aliphatic heterocycles. The fourth-order valence-electron chi connectivity index (χ4n) is 1.70. The Kier molecular flexibility index (Phi) is 4.88. The summed E-state index contributed by atoms with van der Waals surface area (Å²) in [4.78, 5) is 4.43. The van der Waals surface area contributed by atoms with Crippen LogP contribution in [0.1, 0.15) is 11.1 Å². The summed E-state index contributed by atoms with van der Waals surface area (Å²) in [7, 11) is 1.52. The molecule has 20 heavy (non-hydrogen) atoms. The largest absolute Gasteiger partial charge is 0.504 e. The van der Waals surface area contributed by atoms with Crippen LogP contribution in [-0.4, -0.2) is 18.4 Å². The molecule has 0 aliphatic carbocycles. The van der Waals surface area contributed by atoms with Gasteiger partial charge in [0, 0.05) is 11.2 Å². The first kappa shape index (κ1) is 15.1. The van der Waals surface area contributed by atoms with Crippen molar-refractivity contribution in [2.75, 3.05) is 7.11 Å². The molecule has 5 heteroatoms. The maximum absolute atomic E-state index is 9.79. The van der Waals surface area contributed by atoms with Crippen LogP contribution in [-0.2, 0) is 0 Å². The molecule has 104 valence electrons. The molecule has 2 rings (SSSR count). The van der Waals surface area contributed by atoms with Crippen LogP contribution in [0.25, 0.3) is 0 Å². The van der Waals surface area contributed by atoms with Gasteiger partial charge in [-0.3, -0.25) is 4.99 Å². The fraction of sp³-hybridized carbons (Fsp3) is 0.133. The van der Waals surface area contributed by atoms with Gasteiger partial charge in [-0.1, -0.05) is 17.7 Å². The number of ether oxygens (including phenoxy) is 1. The Labute approximate surface area is 136 Å². The SMILES string of the molecule is COc1cc(C=Nc2cccc(Cl)c2C)cc(I)c1O. The highest BCUT2D eigenvalue weighted by molar-refractivity contribution is 14.1. The van der Waals surface area contributed by atoms with Crippen molar-refractivity contribution < 1.29 is 9.84 Å². The summed E-state index contributed by atoms with van der Waals surface area (Å²) >= 11 is 8.11. The first-order valence-corrected chi connectivity index (χ1v) is 7.34. The zero-order valence-electron chi connectivity index (χ0n) is 11.0. The summed E-state index contributed by atoms with van der Waals surface area (Å²) in [5.41, 5.74) is 2.61. The Morgan fingerprint density at radius 3 is 2.80 bits per heavy atom. The number of phenolic OH excluding ortho intramolecular Hbond substituents is 1. The lowest BCUT2D eigenvalue weighted by molar-refractivity contribution is 0.371. The van der Waals surface area contributed by atoms with Crippen molar-refractivity contribution in [1.82, 2.24) is 0 Å². The normalized spacial score (nSPS) is 11.0. The summed E-state index contributed by atoms with van der Waals surface area (Å²) in [5.74, 6) is 0.574. The number of aromatic hydroxyl groups is 1. The first-order chi connectivity index (χ1) is 9.52. The van der Waals surface area contributed by atoms with Gasteiger partial charge in [0.15, 0.2) is 11.5 Å². The number of nitrogens with zero attached hydrogens (tertiary/aromatic N) is 1. The number of phenols is 1. The van der Waals surface area contributed by atoms with E-state index in [-0.39, 0.29) is 5.75 Å². The number of hydrogen-bond acceptors (Lipinski definition) is 3. The van der Waals surface area contributed by atoms with Gasteiger partial charge >= 0.3 is 0 Å². The van der Waals surface area contributed by atoms with Crippen LogP contribution < -0.4 is 4.74 Å². The molecule has 0 radical (unpaired) electrons. The molecule has 0 atom stereocenters. The lowest BCUT2D eigenvalue weighted by Gasteiger charge is -2.06. The molecule has 0 heterocycles. The number of benzene rings is 2. The van der Waals surface area contributed by atoms with Crippen LogP contribution in [0.15, 0.2) is 35.3 Å². The molecular formula is C15H13ClINO2. The Bertz CT molecular complexity index is 671. The second kappa shape index (κ2) is 6.45. The van der Waals surface area contributed by atoms with Crippen LogP contribution in [0.5, 0.6) is 11.5 Å². The number of hydrogen-bond donors (Lipinski definition) is 1. The van der Waals surface area contributed by atoms with Crippen molar-refractivity contribution in [2.45, 2.75) is 6.92 Å². The van der Waals surface area contributed by atoms with E-state index in [1.165, 1.54) is 7.11 Å². The van der Waals surface area contributed by atoms with E-state index in [4.69, 9.17) is 16.3 Å². The third-order valence-corrected chi connectivity index (χ3v) is 4.09. The van der Waals surface area contributed by atoms with E-state index in [0.29, 0.717) is 14.3 Å². The Morgan fingerprint density at radius 2 is 2.10 bits per heavy atom. The third-order valence-electron chi connectivity index (χ3n) is 2.86. The van der Waals surface area contributed by atoms with Gasteiger partial charge in [0.1, 0.15) is 0 Å². The zero-order chi connectivity index (χ0) is 14.7. The molecular weight excluding hydrogens is 389 g/mol.